The molecule has 17 heavy (non-hydrogen) atoms. The molecule has 2 N–H and O–H groups in total. The van der Waals surface area contributed by atoms with Crippen molar-refractivity contribution in [1.29, 1.82) is 0 Å². The monoisotopic (exact) mass is 240 g/mol. The molecule has 0 aromatic rings. The molecule has 0 radical (unpaired) electrons. The maximum atomic E-state index is 9.86. The van der Waals surface area contributed by atoms with E-state index in [1.54, 1.807) is 0 Å². The topological polar surface area (TPSA) is 35.5 Å². The second-order valence-corrected chi connectivity index (χ2v) is 6.02. The number of piperidine rings is 1. The highest BCUT2D eigenvalue weighted by Gasteiger charge is 2.37. The van der Waals surface area contributed by atoms with Crippen molar-refractivity contribution in [2.75, 3.05) is 19.6 Å². The fraction of sp³-hybridized carbons (Fsp3) is 1.00. The van der Waals surface area contributed by atoms with Crippen LogP contribution in [-0.4, -0.2) is 47.8 Å². The van der Waals surface area contributed by atoms with Gasteiger partial charge in [0.15, 0.2) is 0 Å². The van der Waals surface area contributed by atoms with Gasteiger partial charge in [-0.3, -0.25) is 4.90 Å². The van der Waals surface area contributed by atoms with E-state index in [0.29, 0.717) is 18.0 Å². The Morgan fingerprint density at radius 2 is 1.94 bits per heavy atom. The van der Waals surface area contributed by atoms with Crippen LogP contribution in [0, 0.1) is 11.8 Å². The molecule has 1 saturated heterocycles. The lowest BCUT2D eigenvalue weighted by Gasteiger charge is -2.42. The van der Waals surface area contributed by atoms with Crippen LogP contribution in [0.2, 0.25) is 0 Å². The summed E-state index contributed by atoms with van der Waals surface area (Å²) in [6.45, 7) is 9.75. The molecule has 1 heterocycles. The highest BCUT2D eigenvalue weighted by Crippen LogP contribution is 2.36. The van der Waals surface area contributed by atoms with E-state index in [0.717, 1.165) is 32.0 Å². The number of likely N-dealkylation sites (tertiary alicyclic amines) is 1. The molecule has 0 aromatic heterocycles. The molecule has 3 heteroatoms. The maximum absolute atomic E-state index is 9.86. The standard InChI is InChI=1S/C14H28N2O/c1-4-15-14-7-13(11(3)17)8-16(9-14)10(2)12-5-6-12/h10-15,17H,4-9H2,1-3H3. The molecule has 3 nitrogen and oxygen atoms in total. The molecule has 0 bridgehead atoms. The average Bonchev–Trinajstić information content (AvgIpc) is 3.12. The van der Waals surface area contributed by atoms with Crippen LogP contribution in [0.25, 0.3) is 0 Å². The molecular formula is C14H28N2O. The van der Waals surface area contributed by atoms with Crippen molar-refractivity contribution < 1.29 is 5.11 Å². The quantitative estimate of drug-likeness (QED) is 0.764. The highest BCUT2D eigenvalue weighted by molar-refractivity contribution is 4.92. The van der Waals surface area contributed by atoms with Gasteiger partial charge in [-0.25, -0.2) is 0 Å². The van der Waals surface area contributed by atoms with Gasteiger partial charge in [-0.2, -0.15) is 0 Å². The van der Waals surface area contributed by atoms with Gasteiger partial charge >= 0.3 is 0 Å². The third kappa shape index (κ3) is 3.43. The van der Waals surface area contributed by atoms with E-state index in [1.807, 2.05) is 6.92 Å². The molecular weight excluding hydrogens is 212 g/mol. The van der Waals surface area contributed by atoms with Crippen molar-refractivity contribution in [3.63, 3.8) is 0 Å². The van der Waals surface area contributed by atoms with Crippen LogP contribution in [0.1, 0.15) is 40.0 Å². The van der Waals surface area contributed by atoms with Gasteiger partial charge in [-0.05, 0) is 51.5 Å². The molecule has 0 spiro atoms. The highest BCUT2D eigenvalue weighted by atomic mass is 16.3. The van der Waals surface area contributed by atoms with Crippen LogP contribution >= 0.6 is 0 Å². The van der Waals surface area contributed by atoms with E-state index < -0.39 is 0 Å². The van der Waals surface area contributed by atoms with Crippen molar-refractivity contribution in [3.8, 4) is 0 Å². The average molecular weight is 240 g/mol. The number of hydrogen-bond donors (Lipinski definition) is 2. The summed E-state index contributed by atoms with van der Waals surface area (Å²) in [5.74, 6) is 1.36. The first-order valence-electron chi connectivity index (χ1n) is 7.27. The SMILES string of the molecule is CCNC1CC(C(C)O)CN(C(C)C2CC2)C1. The maximum Gasteiger partial charge on any atom is 0.0553 e. The van der Waals surface area contributed by atoms with E-state index >= 15 is 0 Å². The number of aliphatic hydroxyl groups excluding tert-OH is 1. The summed E-state index contributed by atoms with van der Waals surface area (Å²) in [5.41, 5.74) is 0. The zero-order valence-corrected chi connectivity index (χ0v) is 11.5. The minimum absolute atomic E-state index is 0.176. The summed E-state index contributed by atoms with van der Waals surface area (Å²) in [7, 11) is 0. The van der Waals surface area contributed by atoms with Gasteiger partial charge in [-0.1, -0.05) is 6.92 Å². The Labute approximate surface area is 106 Å². The molecule has 100 valence electrons. The first kappa shape index (κ1) is 13.3. The Bertz CT molecular complexity index is 240. The third-order valence-electron chi connectivity index (χ3n) is 4.57. The molecule has 0 amide bonds. The van der Waals surface area contributed by atoms with E-state index in [9.17, 15) is 5.11 Å². The zero-order chi connectivity index (χ0) is 12.4. The predicted molar refractivity (Wildman–Crippen MR) is 71.0 cm³/mol. The molecule has 0 aromatic carbocycles. The largest absolute Gasteiger partial charge is 0.393 e. The third-order valence-corrected chi connectivity index (χ3v) is 4.57. The Hall–Kier alpha value is -0.120. The molecule has 1 aliphatic carbocycles. The van der Waals surface area contributed by atoms with Crippen molar-refractivity contribution in [2.45, 2.75) is 58.2 Å². The first-order valence-corrected chi connectivity index (χ1v) is 7.27. The number of rotatable bonds is 5. The van der Waals surface area contributed by atoms with Gasteiger partial charge in [-0.15, -0.1) is 0 Å². The summed E-state index contributed by atoms with van der Waals surface area (Å²) in [6, 6.07) is 1.27. The van der Waals surface area contributed by atoms with Crippen molar-refractivity contribution >= 4 is 0 Å². The number of nitrogens with one attached hydrogen (secondary N) is 1. The van der Waals surface area contributed by atoms with E-state index in [-0.39, 0.29) is 6.10 Å². The van der Waals surface area contributed by atoms with Gasteiger partial charge in [0.1, 0.15) is 0 Å². The first-order chi connectivity index (χ1) is 8.11. The lowest BCUT2D eigenvalue weighted by Crippen LogP contribution is -2.54. The van der Waals surface area contributed by atoms with Crippen molar-refractivity contribution in [2.24, 2.45) is 11.8 Å². The van der Waals surface area contributed by atoms with E-state index in [1.165, 1.54) is 12.8 Å². The number of aliphatic hydroxyl groups is 1. The Balaban J connectivity index is 1.94. The van der Waals surface area contributed by atoms with Crippen LogP contribution in [0.15, 0.2) is 0 Å². The van der Waals surface area contributed by atoms with Gasteiger partial charge < -0.3 is 10.4 Å². The van der Waals surface area contributed by atoms with Gasteiger partial charge in [0.25, 0.3) is 0 Å². The fourth-order valence-electron chi connectivity index (χ4n) is 3.17. The summed E-state index contributed by atoms with van der Waals surface area (Å²) in [5, 5.41) is 13.4. The molecule has 4 unspecified atom stereocenters. The summed E-state index contributed by atoms with van der Waals surface area (Å²) < 4.78 is 0. The van der Waals surface area contributed by atoms with Crippen molar-refractivity contribution in [3.05, 3.63) is 0 Å². The molecule has 1 aliphatic heterocycles. The van der Waals surface area contributed by atoms with Gasteiger partial charge in [0.2, 0.25) is 0 Å². The van der Waals surface area contributed by atoms with Crippen LogP contribution in [0.4, 0.5) is 0 Å². The predicted octanol–water partition coefficient (Wildman–Crippen LogP) is 1.47. The smallest absolute Gasteiger partial charge is 0.0553 e. The van der Waals surface area contributed by atoms with Crippen molar-refractivity contribution in [1.82, 2.24) is 10.2 Å². The second-order valence-electron chi connectivity index (χ2n) is 6.02. The minimum Gasteiger partial charge on any atom is -0.393 e. The van der Waals surface area contributed by atoms with Gasteiger partial charge in [0, 0.05) is 25.2 Å². The second kappa shape index (κ2) is 5.68. The summed E-state index contributed by atoms with van der Waals surface area (Å²) in [4.78, 5) is 2.60. The van der Waals surface area contributed by atoms with Crippen LogP contribution < -0.4 is 5.32 Å². The van der Waals surface area contributed by atoms with Crippen LogP contribution in [0.5, 0.6) is 0 Å². The number of likely N-dealkylation sites (N-methyl/N-ethyl adjacent to an activating group) is 1. The van der Waals surface area contributed by atoms with E-state index in [4.69, 9.17) is 0 Å². The number of nitrogens with zero attached hydrogens (tertiary/aromatic N) is 1. The number of hydrogen-bond acceptors (Lipinski definition) is 3. The molecule has 2 aliphatic rings. The summed E-state index contributed by atoms with van der Waals surface area (Å²) in [6.07, 6.45) is 3.76. The lowest BCUT2D eigenvalue weighted by atomic mass is 9.89. The molecule has 4 atom stereocenters. The Kier molecular flexibility index (Phi) is 4.45. The van der Waals surface area contributed by atoms with Gasteiger partial charge in [0.05, 0.1) is 6.10 Å². The van der Waals surface area contributed by atoms with Crippen LogP contribution in [-0.2, 0) is 0 Å². The zero-order valence-electron chi connectivity index (χ0n) is 11.5. The summed E-state index contributed by atoms with van der Waals surface area (Å²) >= 11 is 0. The van der Waals surface area contributed by atoms with Crippen LogP contribution in [0.3, 0.4) is 0 Å². The fourth-order valence-corrected chi connectivity index (χ4v) is 3.17. The lowest BCUT2D eigenvalue weighted by molar-refractivity contribution is 0.0284. The minimum atomic E-state index is -0.176. The molecule has 2 rings (SSSR count). The Morgan fingerprint density at radius 3 is 2.47 bits per heavy atom. The normalized spacial score (nSPS) is 34.6. The molecule has 2 fully saturated rings. The van der Waals surface area contributed by atoms with E-state index in [2.05, 4.69) is 24.1 Å². The Morgan fingerprint density at radius 1 is 1.24 bits per heavy atom. The molecule has 1 saturated carbocycles.